The lowest BCUT2D eigenvalue weighted by atomic mass is 10.2. The van der Waals surface area contributed by atoms with E-state index in [4.69, 9.17) is 0 Å². The third-order valence-electron chi connectivity index (χ3n) is 4.67. The van der Waals surface area contributed by atoms with Gasteiger partial charge in [0.1, 0.15) is 0 Å². The van der Waals surface area contributed by atoms with Crippen LogP contribution in [-0.2, 0) is 21.4 Å². The van der Waals surface area contributed by atoms with Crippen LogP contribution in [0, 0.1) is 0 Å². The monoisotopic (exact) mass is 476 g/mol. The Kier molecular flexibility index (Phi) is 6.08. The summed E-state index contributed by atoms with van der Waals surface area (Å²) in [5.41, 5.74) is 1.75. The van der Waals surface area contributed by atoms with Gasteiger partial charge in [0.25, 0.3) is 5.91 Å². The molecule has 2 amide bonds. The van der Waals surface area contributed by atoms with Gasteiger partial charge in [0.05, 0.1) is 28.6 Å². The number of nitrogens with one attached hydrogen (secondary N) is 2. The highest BCUT2D eigenvalue weighted by atomic mass is 32.2. The third-order valence-corrected chi connectivity index (χ3v) is 8.40. The Bertz CT molecular complexity index is 1220. The first-order valence-corrected chi connectivity index (χ1v) is 12.8. The van der Waals surface area contributed by atoms with Gasteiger partial charge in [-0.05, 0) is 42.8 Å². The molecule has 0 unspecified atom stereocenters. The smallest absolute Gasteiger partial charge is 0.257 e. The summed E-state index contributed by atoms with van der Waals surface area (Å²) in [4.78, 5) is 30.0. The molecular weight excluding hydrogens is 456 g/mol. The zero-order valence-corrected chi connectivity index (χ0v) is 19.1. The molecule has 2 N–H and O–H groups in total. The summed E-state index contributed by atoms with van der Waals surface area (Å²) in [5, 5.41) is 7.89. The molecule has 1 saturated heterocycles. The Morgan fingerprint density at radius 1 is 1.16 bits per heavy atom. The van der Waals surface area contributed by atoms with Crippen LogP contribution in [0.25, 0.3) is 10.6 Å². The lowest BCUT2D eigenvalue weighted by molar-refractivity contribution is -0.119. The largest absolute Gasteiger partial charge is 0.351 e. The number of nitrogens with zero attached hydrogens (tertiary/aromatic N) is 2. The minimum Gasteiger partial charge on any atom is -0.351 e. The molecule has 8 nitrogen and oxygen atoms in total. The molecule has 0 radical (unpaired) electrons. The van der Waals surface area contributed by atoms with E-state index in [2.05, 4.69) is 15.6 Å². The number of carbonyl (C=O) groups excluding carboxylic acids is 2. The van der Waals surface area contributed by atoms with Crippen LogP contribution in [0.15, 0.2) is 41.8 Å². The molecule has 0 bridgehead atoms. The molecule has 31 heavy (non-hydrogen) atoms. The SMILES string of the molecule is CC(=O)NCc1ccc(-c2csc(NC(=O)c3ccc(N4CCCS4(=O)=O)cc3)n2)s1. The molecule has 3 heterocycles. The van der Waals surface area contributed by atoms with Gasteiger partial charge in [-0.15, -0.1) is 22.7 Å². The van der Waals surface area contributed by atoms with Gasteiger partial charge in [-0.25, -0.2) is 13.4 Å². The first kappa shape index (κ1) is 21.5. The van der Waals surface area contributed by atoms with Crippen LogP contribution in [-0.4, -0.2) is 37.5 Å². The quantitative estimate of drug-likeness (QED) is 0.567. The molecule has 0 saturated carbocycles. The van der Waals surface area contributed by atoms with Crippen molar-refractivity contribution in [2.24, 2.45) is 0 Å². The number of aromatic nitrogens is 1. The van der Waals surface area contributed by atoms with Gasteiger partial charge in [-0.3, -0.25) is 19.2 Å². The molecule has 2 aromatic heterocycles. The van der Waals surface area contributed by atoms with Gasteiger partial charge in [0.15, 0.2) is 5.13 Å². The molecular formula is C20H20N4O4S3. The lowest BCUT2D eigenvalue weighted by Crippen LogP contribution is -2.25. The van der Waals surface area contributed by atoms with Crippen LogP contribution in [0.2, 0.25) is 0 Å². The molecule has 162 valence electrons. The van der Waals surface area contributed by atoms with Crippen molar-refractivity contribution in [2.75, 3.05) is 21.9 Å². The number of hydrogen-bond acceptors (Lipinski definition) is 7. The number of anilines is 2. The predicted molar refractivity (Wildman–Crippen MR) is 123 cm³/mol. The second-order valence-corrected chi connectivity index (χ2v) is 11.0. The molecule has 4 rings (SSSR count). The maximum absolute atomic E-state index is 12.6. The van der Waals surface area contributed by atoms with Crippen molar-refractivity contribution in [3.05, 3.63) is 52.2 Å². The van der Waals surface area contributed by atoms with Crippen molar-refractivity contribution in [2.45, 2.75) is 19.9 Å². The number of rotatable bonds is 6. The molecule has 3 aromatic rings. The number of sulfonamides is 1. The minimum atomic E-state index is -3.25. The molecule has 0 spiro atoms. The Hall–Kier alpha value is -2.76. The third kappa shape index (κ3) is 4.94. The zero-order chi connectivity index (χ0) is 22.0. The maximum Gasteiger partial charge on any atom is 0.257 e. The van der Waals surface area contributed by atoms with E-state index in [1.165, 1.54) is 33.9 Å². The highest BCUT2D eigenvalue weighted by Crippen LogP contribution is 2.31. The van der Waals surface area contributed by atoms with Gasteiger partial charge in [-0.2, -0.15) is 0 Å². The minimum absolute atomic E-state index is 0.0799. The van der Waals surface area contributed by atoms with Crippen molar-refractivity contribution in [3.63, 3.8) is 0 Å². The predicted octanol–water partition coefficient (Wildman–Crippen LogP) is 3.30. The topological polar surface area (TPSA) is 108 Å². The fourth-order valence-electron chi connectivity index (χ4n) is 3.14. The number of amides is 2. The van der Waals surface area contributed by atoms with Gasteiger partial charge in [0.2, 0.25) is 15.9 Å². The highest BCUT2D eigenvalue weighted by molar-refractivity contribution is 7.93. The molecule has 11 heteroatoms. The lowest BCUT2D eigenvalue weighted by Gasteiger charge is -2.16. The summed E-state index contributed by atoms with van der Waals surface area (Å²) in [6.07, 6.45) is 0.607. The summed E-state index contributed by atoms with van der Waals surface area (Å²) < 4.78 is 25.4. The standard InChI is InChI=1S/C20H20N4O4S3/c1-13(25)21-11-16-7-8-18(30-16)17-12-29-20(22-17)23-19(26)14-3-5-15(6-4-14)24-9-2-10-31(24,27)28/h3-8,12H,2,9-11H2,1H3,(H,21,25)(H,22,23,26). The average Bonchev–Trinajstić information content (AvgIpc) is 3.46. The van der Waals surface area contributed by atoms with Crippen LogP contribution >= 0.6 is 22.7 Å². The Morgan fingerprint density at radius 2 is 1.94 bits per heavy atom. The summed E-state index contributed by atoms with van der Waals surface area (Å²) >= 11 is 2.86. The van der Waals surface area contributed by atoms with Crippen molar-refractivity contribution in [1.29, 1.82) is 0 Å². The van der Waals surface area contributed by atoms with Crippen LogP contribution in [0.1, 0.15) is 28.6 Å². The number of thiazole rings is 1. The van der Waals surface area contributed by atoms with E-state index in [-0.39, 0.29) is 17.6 Å². The van der Waals surface area contributed by atoms with E-state index in [0.29, 0.717) is 35.9 Å². The Morgan fingerprint density at radius 3 is 2.61 bits per heavy atom. The highest BCUT2D eigenvalue weighted by Gasteiger charge is 2.28. The molecule has 1 aliphatic heterocycles. The van der Waals surface area contributed by atoms with E-state index < -0.39 is 10.0 Å². The number of hydrogen-bond donors (Lipinski definition) is 2. The number of carbonyl (C=O) groups is 2. The van der Waals surface area contributed by atoms with E-state index in [1.54, 1.807) is 24.3 Å². The van der Waals surface area contributed by atoms with Crippen LogP contribution in [0.4, 0.5) is 10.8 Å². The average molecular weight is 477 g/mol. The normalized spacial score (nSPS) is 15.1. The molecule has 0 aliphatic carbocycles. The van der Waals surface area contributed by atoms with E-state index in [0.717, 1.165) is 15.4 Å². The summed E-state index contributed by atoms with van der Waals surface area (Å²) in [6, 6.07) is 10.4. The second kappa shape index (κ2) is 8.77. The Labute approximate surface area is 188 Å². The zero-order valence-electron chi connectivity index (χ0n) is 16.6. The van der Waals surface area contributed by atoms with Crippen molar-refractivity contribution in [3.8, 4) is 10.6 Å². The number of benzene rings is 1. The van der Waals surface area contributed by atoms with Crippen LogP contribution in [0.5, 0.6) is 0 Å². The fourth-order valence-corrected chi connectivity index (χ4v) is 6.40. The van der Waals surface area contributed by atoms with Crippen molar-refractivity contribution in [1.82, 2.24) is 10.3 Å². The fraction of sp³-hybridized carbons (Fsp3) is 0.250. The summed E-state index contributed by atoms with van der Waals surface area (Å²) in [6.45, 7) is 2.42. The van der Waals surface area contributed by atoms with Gasteiger partial charge in [0, 0.05) is 29.3 Å². The van der Waals surface area contributed by atoms with E-state index >= 15 is 0 Å². The second-order valence-electron chi connectivity index (χ2n) is 6.96. The van der Waals surface area contributed by atoms with Crippen molar-refractivity contribution < 1.29 is 18.0 Å². The van der Waals surface area contributed by atoms with E-state index in [1.807, 2.05) is 17.5 Å². The van der Waals surface area contributed by atoms with Crippen LogP contribution < -0.4 is 14.9 Å². The molecule has 0 atom stereocenters. The van der Waals surface area contributed by atoms with Crippen LogP contribution in [0.3, 0.4) is 0 Å². The summed E-state index contributed by atoms with van der Waals surface area (Å²) in [5.74, 6) is -0.237. The first-order valence-electron chi connectivity index (χ1n) is 9.53. The summed E-state index contributed by atoms with van der Waals surface area (Å²) in [7, 11) is -3.25. The maximum atomic E-state index is 12.6. The Balaban J connectivity index is 1.40. The van der Waals surface area contributed by atoms with E-state index in [9.17, 15) is 18.0 Å². The molecule has 1 fully saturated rings. The van der Waals surface area contributed by atoms with Gasteiger partial charge < -0.3 is 5.32 Å². The number of thiophene rings is 1. The molecule has 1 aromatic carbocycles. The molecule has 1 aliphatic rings. The van der Waals surface area contributed by atoms with Crippen molar-refractivity contribution >= 4 is 55.3 Å². The first-order chi connectivity index (χ1) is 14.8. The van der Waals surface area contributed by atoms with Gasteiger partial charge >= 0.3 is 0 Å². The van der Waals surface area contributed by atoms with Gasteiger partial charge in [-0.1, -0.05) is 0 Å².